The highest BCUT2D eigenvalue weighted by atomic mass is 16.4. The Kier molecular flexibility index (Phi) is 11.7. The fraction of sp³-hybridized carbons (Fsp3) is 0.500. The smallest absolute Gasteiger partial charge is 0.326 e. The number of phenols is 1. The highest BCUT2D eigenvalue weighted by Gasteiger charge is 2.33. The standard InChI is InChI=1S/C22H32N4O10/c1-10(27)17(23)20(33)24-14(7-8-16(30)31)19(32)26-18(11(2)28)21(34)25-15(22(35)36)9-12-3-5-13(29)6-4-12/h3-6,10-11,14-15,17-18,27-29H,7-9,23H2,1-2H3,(H,24,33)(H,25,34)(H,26,32)(H,30,31)(H,35,36). The Morgan fingerprint density at radius 1 is 0.833 bits per heavy atom. The second-order valence-corrected chi connectivity index (χ2v) is 8.26. The molecule has 6 unspecified atom stereocenters. The molecule has 0 aliphatic heterocycles. The minimum absolute atomic E-state index is 0.0366. The number of phenolic OH excluding ortho intramolecular Hbond substituents is 1. The van der Waals surface area contributed by atoms with Gasteiger partial charge in [0.2, 0.25) is 17.7 Å². The summed E-state index contributed by atoms with van der Waals surface area (Å²) >= 11 is 0. The van der Waals surface area contributed by atoms with E-state index in [1.807, 2.05) is 0 Å². The summed E-state index contributed by atoms with van der Waals surface area (Å²) in [5.74, 6) is -5.74. The van der Waals surface area contributed by atoms with Crippen LogP contribution >= 0.6 is 0 Å². The molecule has 36 heavy (non-hydrogen) atoms. The molecule has 0 aliphatic carbocycles. The molecule has 0 saturated heterocycles. The highest BCUT2D eigenvalue weighted by Crippen LogP contribution is 2.12. The van der Waals surface area contributed by atoms with Crippen molar-refractivity contribution in [1.82, 2.24) is 16.0 Å². The SMILES string of the molecule is CC(O)C(N)C(=O)NC(CCC(=O)O)C(=O)NC(C(=O)NC(Cc1ccc(O)cc1)C(=O)O)C(C)O. The number of carbonyl (C=O) groups is 5. The number of carbonyl (C=O) groups excluding carboxylic acids is 3. The molecule has 1 aromatic rings. The van der Waals surface area contributed by atoms with Crippen LogP contribution in [0.3, 0.4) is 0 Å². The van der Waals surface area contributed by atoms with Crippen molar-refractivity contribution in [3.8, 4) is 5.75 Å². The molecule has 10 N–H and O–H groups in total. The fourth-order valence-corrected chi connectivity index (χ4v) is 3.01. The molecular formula is C22H32N4O10. The summed E-state index contributed by atoms with van der Waals surface area (Å²) in [7, 11) is 0. The molecule has 0 saturated carbocycles. The van der Waals surface area contributed by atoms with Crippen molar-refractivity contribution in [2.45, 2.75) is 69.5 Å². The molecule has 6 atom stereocenters. The second kappa shape index (κ2) is 14.0. The molecule has 0 spiro atoms. The fourth-order valence-electron chi connectivity index (χ4n) is 3.01. The summed E-state index contributed by atoms with van der Waals surface area (Å²) in [6.07, 6.45) is -3.89. The topological polar surface area (TPSA) is 249 Å². The molecule has 1 rings (SSSR count). The third kappa shape index (κ3) is 9.85. The molecule has 0 radical (unpaired) electrons. The minimum Gasteiger partial charge on any atom is -0.508 e. The molecule has 0 fully saturated rings. The van der Waals surface area contributed by atoms with Crippen LogP contribution in [0.4, 0.5) is 0 Å². The lowest BCUT2D eigenvalue weighted by Gasteiger charge is -2.26. The lowest BCUT2D eigenvalue weighted by molar-refractivity contribution is -0.143. The van der Waals surface area contributed by atoms with Crippen LogP contribution in [0.1, 0.15) is 32.3 Å². The Hall–Kier alpha value is -3.75. The Balaban J connectivity index is 3.00. The zero-order chi connectivity index (χ0) is 27.6. The van der Waals surface area contributed by atoms with Gasteiger partial charge in [0.15, 0.2) is 0 Å². The summed E-state index contributed by atoms with van der Waals surface area (Å²) < 4.78 is 0. The number of carboxylic acids is 2. The first-order chi connectivity index (χ1) is 16.7. The van der Waals surface area contributed by atoms with Gasteiger partial charge in [-0.1, -0.05) is 12.1 Å². The predicted molar refractivity (Wildman–Crippen MR) is 123 cm³/mol. The van der Waals surface area contributed by atoms with E-state index < -0.39 is 78.9 Å². The zero-order valence-electron chi connectivity index (χ0n) is 19.7. The summed E-state index contributed by atoms with van der Waals surface area (Å²) in [4.78, 5) is 60.4. The Morgan fingerprint density at radius 2 is 1.39 bits per heavy atom. The maximum Gasteiger partial charge on any atom is 0.326 e. The zero-order valence-corrected chi connectivity index (χ0v) is 19.7. The van der Waals surface area contributed by atoms with Crippen molar-refractivity contribution in [1.29, 1.82) is 0 Å². The molecule has 1 aromatic carbocycles. The number of nitrogens with one attached hydrogen (secondary N) is 3. The quantitative estimate of drug-likeness (QED) is 0.125. The van der Waals surface area contributed by atoms with E-state index in [1.54, 1.807) is 0 Å². The molecule has 0 aromatic heterocycles. The van der Waals surface area contributed by atoms with Crippen molar-refractivity contribution in [2.24, 2.45) is 5.73 Å². The predicted octanol–water partition coefficient (Wildman–Crippen LogP) is -2.57. The van der Waals surface area contributed by atoms with Gasteiger partial charge in [-0.15, -0.1) is 0 Å². The van der Waals surface area contributed by atoms with E-state index in [4.69, 9.17) is 10.8 Å². The van der Waals surface area contributed by atoms with Crippen LogP contribution in [0.15, 0.2) is 24.3 Å². The van der Waals surface area contributed by atoms with Crippen LogP contribution in [0.2, 0.25) is 0 Å². The number of benzene rings is 1. The number of carboxylic acid groups (broad SMARTS) is 2. The Bertz CT molecular complexity index is 935. The number of aromatic hydroxyl groups is 1. The van der Waals surface area contributed by atoms with Gasteiger partial charge in [-0.3, -0.25) is 19.2 Å². The van der Waals surface area contributed by atoms with Crippen molar-refractivity contribution in [2.75, 3.05) is 0 Å². The maximum atomic E-state index is 12.8. The number of aliphatic hydroxyl groups is 2. The van der Waals surface area contributed by atoms with Gasteiger partial charge in [-0.05, 0) is 38.0 Å². The van der Waals surface area contributed by atoms with Gasteiger partial charge in [-0.2, -0.15) is 0 Å². The van der Waals surface area contributed by atoms with Gasteiger partial charge in [-0.25, -0.2) is 4.79 Å². The van der Waals surface area contributed by atoms with Gasteiger partial charge in [0, 0.05) is 12.8 Å². The van der Waals surface area contributed by atoms with E-state index in [1.165, 1.54) is 31.2 Å². The van der Waals surface area contributed by atoms with Gasteiger partial charge in [0.1, 0.15) is 29.9 Å². The first-order valence-electron chi connectivity index (χ1n) is 11.0. The molecule has 14 heteroatoms. The lowest BCUT2D eigenvalue weighted by Crippen LogP contribution is -2.60. The molecule has 0 aliphatic rings. The number of aliphatic carboxylic acids is 2. The summed E-state index contributed by atoms with van der Waals surface area (Å²) in [6, 6.07) is -0.427. The number of nitrogens with two attached hydrogens (primary N) is 1. The number of hydrogen-bond acceptors (Lipinski definition) is 9. The van der Waals surface area contributed by atoms with E-state index in [9.17, 15) is 44.4 Å². The van der Waals surface area contributed by atoms with Crippen LogP contribution in [-0.4, -0.2) is 91.6 Å². The Morgan fingerprint density at radius 3 is 1.86 bits per heavy atom. The van der Waals surface area contributed by atoms with E-state index in [0.717, 1.165) is 6.92 Å². The Labute approximate surface area is 206 Å². The third-order valence-corrected chi connectivity index (χ3v) is 5.16. The molecule has 200 valence electrons. The molecule has 3 amide bonds. The van der Waals surface area contributed by atoms with Gasteiger partial charge < -0.3 is 47.2 Å². The van der Waals surface area contributed by atoms with Crippen LogP contribution in [0, 0.1) is 0 Å². The van der Waals surface area contributed by atoms with E-state index in [-0.39, 0.29) is 12.2 Å². The number of hydrogen-bond donors (Lipinski definition) is 9. The average Bonchev–Trinajstić information content (AvgIpc) is 2.79. The van der Waals surface area contributed by atoms with Crippen LogP contribution in [0.5, 0.6) is 5.75 Å². The molecular weight excluding hydrogens is 480 g/mol. The number of rotatable bonds is 14. The van der Waals surface area contributed by atoms with E-state index >= 15 is 0 Å². The lowest BCUT2D eigenvalue weighted by atomic mass is 10.0. The summed E-state index contributed by atoms with van der Waals surface area (Å²) in [5, 5.41) is 53.9. The van der Waals surface area contributed by atoms with Gasteiger partial charge in [0.05, 0.1) is 12.2 Å². The van der Waals surface area contributed by atoms with Crippen LogP contribution in [0.25, 0.3) is 0 Å². The largest absolute Gasteiger partial charge is 0.508 e. The first kappa shape index (κ1) is 30.3. The van der Waals surface area contributed by atoms with Crippen molar-refractivity contribution < 1.29 is 49.5 Å². The summed E-state index contributed by atoms with van der Waals surface area (Å²) in [5.41, 5.74) is 6.01. The number of aliphatic hydroxyl groups excluding tert-OH is 2. The highest BCUT2D eigenvalue weighted by molar-refractivity contribution is 5.94. The summed E-state index contributed by atoms with van der Waals surface area (Å²) in [6.45, 7) is 2.40. The van der Waals surface area contributed by atoms with Gasteiger partial charge >= 0.3 is 11.9 Å². The first-order valence-corrected chi connectivity index (χ1v) is 11.0. The maximum absolute atomic E-state index is 12.8. The monoisotopic (exact) mass is 512 g/mol. The number of amides is 3. The van der Waals surface area contributed by atoms with E-state index in [0.29, 0.717) is 5.56 Å². The van der Waals surface area contributed by atoms with Gasteiger partial charge in [0.25, 0.3) is 0 Å². The average molecular weight is 513 g/mol. The molecule has 0 heterocycles. The van der Waals surface area contributed by atoms with Crippen molar-refractivity contribution in [3.05, 3.63) is 29.8 Å². The second-order valence-electron chi connectivity index (χ2n) is 8.26. The van der Waals surface area contributed by atoms with Crippen molar-refractivity contribution in [3.63, 3.8) is 0 Å². The van der Waals surface area contributed by atoms with Crippen molar-refractivity contribution >= 4 is 29.7 Å². The third-order valence-electron chi connectivity index (χ3n) is 5.16. The van der Waals surface area contributed by atoms with E-state index in [2.05, 4.69) is 16.0 Å². The minimum atomic E-state index is -1.66. The van der Waals surface area contributed by atoms with Crippen LogP contribution < -0.4 is 21.7 Å². The normalized spacial score (nSPS) is 15.9. The molecule has 0 bridgehead atoms. The van der Waals surface area contributed by atoms with Crippen LogP contribution in [-0.2, 0) is 30.4 Å². The molecule has 14 nitrogen and oxygen atoms in total.